The van der Waals surface area contributed by atoms with E-state index in [-0.39, 0.29) is 5.91 Å². The third-order valence-electron chi connectivity index (χ3n) is 3.89. The number of amides is 1. The van der Waals surface area contributed by atoms with Crippen LogP contribution in [0.5, 0.6) is 5.75 Å². The quantitative estimate of drug-likeness (QED) is 0.599. The lowest BCUT2D eigenvalue weighted by Gasteiger charge is -2.06. The minimum atomic E-state index is -0.171. The molecular formula is C18H15N5O2S. The van der Waals surface area contributed by atoms with Crippen LogP contribution in [0.3, 0.4) is 0 Å². The molecule has 2 aromatic heterocycles. The molecule has 0 bridgehead atoms. The van der Waals surface area contributed by atoms with Gasteiger partial charge in [0.1, 0.15) is 10.8 Å². The number of hydrogen-bond acceptors (Lipinski definition) is 6. The maximum Gasteiger partial charge on any atom is 0.255 e. The molecule has 0 aliphatic carbocycles. The fraction of sp³-hybridized carbons (Fsp3) is 0.111. The Balaban J connectivity index is 1.50. The number of ether oxygens (including phenoxy) is 1. The van der Waals surface area contributed by atoms with E-state index < -0.39 is 0 Å². The molecule has 2 heterocycles. The summed E-state index contributed by atoms with van der Waals surface area (Å²) in [4.78, 5) is 13.1. The van der Waals surface area contributed by atoms with Crippen molar-refractivity contribution in [2.45, 2.75) is 6.92 Å². The van der Waals surface area contributed by atoms with Crippen molar-refractivity contribution in [1.29, 1.82) is 0 Å². The molecule has 2 aromatic carbocycles. The number of nitrogens with zero attached hydrogens (tertiary/aromatic N) is 4. The van der Waals surface area contributed by atoms with Gasteiger partial charge < -0.3 is 10.1 Å². The molecule has 0 atom stereocenters. The van der Waals surface area contributed by atoms with Crippen LogP contribution < -0.4 is 10.1 Å². The van der Waals surface area contributed by atoms with E-state index in [2.05, 4.69) is 20.6 Å². The summed E-state index contributed by atoms with van der Waals surface area (Å²) in [5, 5.41) is 16.3. The fourth-order valence-corrected chi connectivity index (χ4v) is 3.36. The molecule has 0 aliphatic heterocycles. The van der Waals surface area contributed by atoms with Gasteiger partial charge in [0.15, 0.2) is 5.82 Å². The molecule has 0 spiro atoms. The number of aryl methyl sites for hydroxylation is 1. The second kappa shape index (κ2) is 6.57. The molecule has 0 aliphatic rings. The van der Waals surface area contributed by atoms with E-state index in [1.165, 1.54) is 11.3 Å². The standard InChI is InChI=1S/C18H15N5O2S/c1-11-20-21-18-23(11)22-17(26-18)13-3-7-14(8-4-13)19-16(24)12-5-9-15(25-2)10-6-12/h3-10H,1-2H3,(H,19,24). The summed E-state index contributed by atoms with van der Waals surface area (Å²) in [6.45, 7) is 1.86. The average Bonchev–Trinajstić information content (AvgIpc) is 3.25. The van der Waals surface area contributed by atoms with Crippen LogP contribution in [0.25, 0.3) is 15.5 Å². The summed E-state index contributed by atoms with van der Waals surface area (Å²) in [6.07, 6.45) is 0. The maximum atomic E-state index is 12.3. The maximum absolute atomic E-state index is 12.3. The van der Waals surface area contributed by atoms with Crippen molar-refractivity contribution < 1.29 is 9.53 Å². The van der Waals surface area contributed by atoms with Gasteiger partial charge in [-0.05, 0) is 55.5 Å². The van der Waals surface area contributed by atoms with Gasteiger partial charge in [-0.15, -0.1) is 10.2 Å². The van der Waals surface area contributed by atoms with E-state index in [9.17, 15) is 4.79 Å². The van der Waals surface area contributed by atoms with Crippen LogP contribution in [0.15, 0.2) is 48.5 Å². The highest BCUT2D eigenvalue weighted by Gasteiger charge is 2.11. The van der Waals surface area contributed by atoms with Gasteiger partial charge in [0.25, 0.3) is 5.91 Å². The van der Waals surface area contributed by atoms with E-state index in [1.807, 2.05) is 31.2 Å². The summed E-state index contributed by atoms with van der Waals surface area (Å²) >= 11 is 1.47. The molecule has 0 fully saturated rings. The highest BCUT2D eigenvalue weighted by molar-refractivity contribution is 7.19. The average molecular weight is 365 g/mol. The molecule has 0 unspecified atom stereocenters. The van der Waals surface area contributed by atoms with E-state index in [0.717, 1.165) is 21.4 Å². The Hall–Kier alpha value is -3.26. The number of methoxy groups -OCH3 is 1. The van der Waals surface area contributed by atoms with Gasteiger partial charge in [0, 0.05) is 16.8 Å². The normalized spacial score (nSPS) is 10.8. The first-order valence-corrected chi connectivity index (χ1v) is 8.70. The van der Waals surface area contributed by atoms with Gasteiger partial charge >= 0.3 is 0 Å². The highest BCUT2D eigenvalue weighted by Crippen LogP contribution is 2.26. The van der Waals surface area contributed by atoms with E-state index in [0.29, 0.717) is 17.0 Å². The third-order valence-corrected chi connectivity index (χ3v) is 4.84. The molecule has 0 saturated heterocycles. The Morgan fingerprint density at radius 3 is 2.46 bits per heavy atom. The summed E-state index contributed by atoms with van der Waals surface area (Å²) in [7, 11) is 1.59. The Bertz CT molecular complexity index is 1070. The predicted octanol–water partition coefficient (Wildman–Crippen LogP) is 3.42. The van der Waals surface area contributed by atoms with Gasteiger partial charge in [-0.25, -0.2) is 0 Å². The Morgan fingerprint density at radius 1 is 1.08 bits per heavy atom. The van der Waals surface area contributed by atoms with Gasteiger partial charge in [-0.2, -0.15) is 9.61 Å². The predicted molar refractivity (Wildman–Crippen MR) is 99.8 cm³/mol. The lowest BCUT2D eigenvalue weighted by molar-refractivity contribution is 0.102. The fourth-order valence-electron chi connectivity index (χ4n) is 2.47. The van der Waals surface area contributed by atoms with Gasteiger partial charge in [0.2, 0.25) is 4.96 Å². The molecule has 4 aromatic rings. The lowest BCUT2D eigenvalue weighted by atomic mass is 10.2. The number of rotatable bonds is 4. The largest absolute Gasteiger partial charge is 0.497 e. The molecule has 0 radical (unpaired) electrons. The zero-order chi connectivity index (χ0) is 18.1. The van der Waals surface area contributed by atoms with Crippen LogP contribution >= 0.6 is 11.3 Å². The number of hydrogen-bond donors (Lipinski definition) is 1. The Kier molecular flexibility index (Phi) is 4.10. The molecule has 0 saturated carbocycles. The molecule has 4 rings (SSSR count). The zero-order valence-corrected chi connectivity index (χ0v) is 14.9. The summed E-state index contributed by atoms with van der Waals surface area (Å²) in [5.41, 5.74) is 2.25. The number of carbonyl (C=O) groups is 1. The van der Waals surface area contributed by atoms with Crippen molar-refractivity contribution in [2.24, 2.45) is 0 Å². The van der Waals surface area contributed by atoms with Gasteiger partial charge in [0.05, 0.1) is 7.11 Å². The monoisotopic (exact) mass is 365 g/mol. The van der Waals surface area contributed by atoms with Crippen LogP contribution in [0, 0.1) is 6.92 Å². The molecular weight excluding hydrogens is 350 g/mol. The third kappa shape index (κ3) is 3.02. The van der Waals surface area contributed by atoms with Gasteiger partial charge in [-0.3, -0.25) is 4.79 Å². The second-order valence-electron chi connectivity index (χ2n) is 5.61. The first-order valence-electron chi connectivity index (χ1n) is 7.89. The Labute approximate surface area is 153 Å². The van der Waals surface area contributed by atoms with Crippen molar-refractivity contribution in [3.05, 3.63) is 59.9 Å². The highest BCUT2D eigenvalue weighted by atomic mass is 32.1. The van der Waals surface area contributed by atoms with Crippen LogP contribution in [0.2, 0.25) is 0 Å². The number of aromatic nitrogens is 4. The number of fused-ring (bicyclic) bond motifs is 1. The number of anilines is 1. The van der Waals surface area contributed by atoms with Crippen molar-refractivity contribution >= 4 is 27.9 Å². The first-order chi connectivity index (χ1) is 12.6. The lowest BCUT2D eigenvalue weighted by Crippen LogP contribution is -2.11. The minimum absolute atomic E-state index is 0.171. The molecule has 130 valence electrons. The van der Waals surface area contributed by atoms with Crippen molar-refractivity contribution in [3.63, 3.8) is 0 Å². The van der Waals surface area contributed by atoms with Gasteiger partial charge in [-0.1, -0.05) is 11.3 Å². The summed E-state index contributed by atoms with van der Waals surface area (Å²) in [5.74, 6) is 1.30. The van der Waals surface area contributed by atoms with Crippen molar-refractivity contribution in [1.82, 2.24) is 19.8 Å². The smallest absolute Gasteiger partial charge is 0.255 e. The molecule has 8 heteroatoms. The molecule has 7 nitrogen and oxygen atoms in total. The van der Waals surface area contributed by atoms with E-state index >= 15 is 0 Å². The van der Waals surface area contributed by atoms with Crippen LogP contribution in [-0.2, 0) is 0 Å². The van der Waals surface area contributed by atoms with Crippen LogP contribution in [-0.4, -0.2) is 32.8 Å². The first kappa shape index (κ1) is 16.2. The Morgan fingerprint density at radius 2 is 1.81 bits per heavy atom. The second-order valence-corrected chi connectivity index (χ2v) is 6.56. The van der Waals surface area contributed by atoms with E-state index in [1.54, 1.807) is 35.9 Å². The van der Waals surface area contributed by atoms with E-state index in [4.69, 9.17) is 4.74 Å². The minimum Gasteiger partial charge on any atom is -0.497 e. The van der Waals surface area contributed by atoms with Crippen LogP contribution in [0.1, 0.15) is 16.2 Å². The van der Waals surface area contributed by atoms with Crippen molar-refractivity contribution in [3.8, 4) is 16.3 Å². The number of nitrogens with one attached hydrogen (secondary N) is 1. The summed E-state index contributed by atoms with van der Waals surface area (Å²) < 4.78 is 6.82. The number of carbonyl (C=O) groups excluding carboxylic acids is 1. The molecule has 26 heavy (non-hydrogen) atoms. The SMILES string of the molecule is COc1ccc(C(=O)Nc2ccc(-c3nn4c(C)nnc4s3)cc2)cc1. The zero-order valence-electron chi connectivity index (χ0n) is 14.1. The van der Waals surface area contributed by atoms with Crippen molar-refractivity contribution in [2.75, 3.05) is 12.4 Å². The molecule has 1 amide bonds. The topological polar surface area (TPSA) is 81.4 Å². The van der Waals surface area contributed by atoms with Crippen LogP contribution in [0.4, 0.5) is 5.69 Å². The summed E-state index contributed by atoms with van der Waals surface area (Å²) in [6, 6.07) is 14.5. The molecule has 1 N–H and O–H groups in total. The number of benzene rings is 2.